The van der Waals surface area contributed by atoms with Crippen LogP contribution in [-0.4, -0.2) is 66.4 Å². The Labute approximate surface area is 174 Å². The predicted molar refractivity (Wildman–Crippen MR) is 112 cm³/mol. The molecule has 0 saturated carbocycles. The van der Waals surface area contributed by atoms with Gasteiger partial charge in [0.15, 0.2) is 5.75 Å². The van der Waals surface area contributed by atoms with E-state index in [-0.39, 0.29) is 29.8 Å². The van der Waals surface area contributed by atoms with Crippen LogP contribution >= 0.6 is 0 Å². The van der Waals surface area contributed by atoms with Crippen LogP contribution in [0.3, 0.4) is 0 Å². The number of nitrogens with one attached hydrogen (secondary N) is 1. The van der Waals surface area contributed by atoms with Gasteiger partial charge >= 0.3 is 5.69 Å². The van der Waals surface area contributed by atoms with Gasteiger partial charge in [0.05, 0.1) is 18.6 Å². The van der Waals surface area contributed by atoms with E-state index >= 15 is 0 Å². The van der Waals surface area contributed by atoms with Crippen LogP contribution in [0.25, 0.3) is 0 Å². The first-order chi connectivity index (χ1) is 14.4. The summed E-state index contributed by atoms with van der Waals surface area (Å²) in [6.07, 6.45) is 0. The number of amides is 2. The average Bonchev–Trinajstić information content (AvgIpc) is 2.75. The summed E-state index contributed by atoms with van der Waals surface area (Å²) in [6, 6.07) is 12.0. The smallest absolute Gasteiger partial charge is 0.311 e. The van der Waals surface area contributed by atoms with Gasteiger partial charge in [0, 0.05) is 49.6 Å². The Bertz CT molecular complexity index is 940. The number of piperazine rings is 1. The first kappa shape index (κ1) is 21.3. The first-order valence-corrected chi connectivity index (χ1v) is 9.58. The van der Waals surface area contributed by atoms with Crippen molar-refractivity contribution in [1.29, 1.82) is 0 Å². The normalized spacial score (nSPS) is 14.3. The Morgan fingerprint density at radius 3 is 2.40 bits per heavy atom. The van der Waals surface area contributed by atoms with E-state index in [4.69, 9.17) is 4.74 Å². The highest BCUT2D eigenvalue weighted by Gasteiger charge is 2.24. The van der Waals surface area contributed by atoms with E-state index in [2.05, 4.69) is 5.32 Å². The van der Waals surface area contributed by atoms with E-state index in [0.29, 0.717) is 43.0 Å². The lowest BCUT2D eigenvalue weighted by Gasteiger charge is -2.34. The molecule has 0 spiro atoms. The number of nitro benzene ring substituents is 1. The minimum atomic E-state index is -0.520. The van der Waals surface area contributed by atoms with Crippen LogP contribution in [0.1, 0.15) is 15.9 Å². The van der Waals surface area contributed by atoms with Crippen LogP contribution in [0, 0.1) is 17.0 Å². The molecule has 0 aliphatic carbocycles. The third-order valence-corrected chi connectivity index (χ3v) is 5.04. The Kier molecular flexibility index (Phi) is 6.63. The maximum Gasteiger partial charge on any atom is 0.311 e. The largest absolute Gasteiger partial charge is 0.490 e. The number of hydrogen-bond donors (Lipinski definition) is 1. The molecule has 30 heavy (non-hydrogen) atoms. The molecule has 0 atom stereocenters. The molecule has 0 bridgehead atoms. The van der Waals surface area contributed by atoms with Crippen LogP contribution in [0.15, 0.2) is 42.5 Å². The molecule has 0 unspecified atom stereocenters. The maximum absolute atomic E-state index is 12.5. The summed E-state index contributed by atoms with van der Waals surface area (Å²) in [5.74, 6) is -0.140. The van der Waals surface area contributed by atoms with E-state index < -0.39 is 4.92 Å². The second-order valence-corrected chi connectivity index (χ2v) is 7.08. The molecule has 2 amide bonds. The van der Waals surface area contributed by atoms with Gasteiger partial charge in [-0.3, -0.25) is 24.6 Å². The summed E-state index contributed by atoms with van der Waals surface area (Å²) in [7, 11) is 1.35. The van der Waals surface area contributed by atoms with Gasteiger partial charge in [0.2, 0.25) is 5.91 Å². The summed E-state index contributed by atoms with van der Waals surface area (Å²) in [5.41, 5.74) is 1.56. The minimum Gasteiger partial charge on any atom is -0.490 e. The van der Waals surface area contributed by atoms with E-state index in [9.17, 15) is 19.7 Å². The summed E-state index contributed by atoms with van der Waals surface area (Å²) in [4.78, 5) is 39.3. The zero-order valence-corrected chi connectivity index (χ0v) is 17.0. The zero-order valence-electron chi connectivity index (χ0n) is 17.0. The summed E-state index contributed by atoms with van der Waals surface area (Å²) in [5, 5.41) is 13.9. The van der Waals surface area contributed by atoms with Crippen molar-refractivity contribution in [2.24, 2.45) is 0 Å². The minimum absolute atomic E-state index is 0.00620. The van der Waals surface area contributed by atoms with Crippen molar-refractivity contribution in [3.63, 3.8) is 0 Å². The lowest BCUT2D eigenvalue weighted by molar-refractivity contribution is -0.385. The van der Waals surface area contributed by atoms with Crippen LogP contribution in [-0.2, 0) is 4.79 Å². The SMILES string of the molecule is COc1cc(NC(=O)CN2CCN(C(=O)c3ccccc3)CC2)c(C)cc1[N+](=O)[O-]. The number of hydrogen-bond acceptors (Lipinski definition) is 6. The van der Waals surface area contributed by atoms with Crippen molar-refractivity contribution in [3.8, 4) is 5.75 Å². The van der Waals surface area contributed by atoms with Gasteiger partial charge in [-0.25, -0.2) is 0 Å². The molecule has 1 saturated heterocycles. The molecule has 9 nitrogen and oxygen atoms in total. The van der Waals surface area contributed by atoms with E-state index in [1.165, 1.54) is 19.2 Å². The van der Waals surface area contributed by atoms with Gasteiger partial charge in [-0.05, 0) is 24.6 Å². The van der Waals surface area contributed by atoms with Gasteiger partial charge in [-0.1, -0.05) is 18.2 Å². The molecule has 0 radical (unpaired) electrons. The number of ether oxygens (including phenoxy) is 1. The average molecular weight is 412 g/mol. The Balaban J connectivity index is 1.55. The first-order valence-electron chi connectivity index (χ1n) is 9.58. The Hall–Kier alpha value is -3.46. The van der Waals surface area contributed by atoms with Gasteiger partial charge in [0.1, 0.15) is 0 Å². The summed E-state index contributed by atoms with van der Waals surface area (Å²) < 4.78 is 5.06. The number of methoxy groups -OCH3 is 1. The predicted octanol–water partition coefficient (Wildman–Crippen LogP) is 2.31. The van der Waals surface area contributed by atoms with Crippen molar-refractivity contribution in [1.82, 2.24) is 9.80 Å². The third-order valence-electron chi connectivity index (χ3n) is 5.04. The fourth-order valence-electron chi connectivity index (χ4n) is 3.38. The highest BCUT2D eigenvalue weighted by Crippen LogP contribution is 2.32. The molecule has 2 aromatic carbocycles. The number of nitro groups is 1. The lowest BCUT2D eigenvalue weighted by Crippen LogP contribution is -2.50. The van der Waals surface area contributed by atoms with Crippen LogP contribution in [0.4, 0.5) is 11.4 Å². The maximum atomic E-state index is 12.5. The summed E-state index contributed by atoms with van der Waals surface area (Å²) in [6.45, 7) is 4.14. The molecule has 158 valence electrons. The van der Waals surface area contributed by atoms with Gasteiger partial charge < -0.3 is 15.0 Å². The summed E-state index contributed by atoms with van der Waals surface area (Å²) >= 11 is 0. The number of benzene rings is 2. The number of aryl methyl sites for hydroxylation is 1. The molecule has 1 heterocycles. The van der Waals surface area contributed by atoms with Crippen LogP contribution in [0.2, 0.25) is 0 Å². The molecule has 1 aliphatic rings. The van der Waals surface area contributed by atoms with Crippen LogP contribution in [0.5, 0.6) is 5.75 Å². The molecular formula is C21H24N4O5. The fraction of sp³-hybridized carbons (Fsp3) is 0.333. The van der Waals surface area contributed by atoms with Gasteiger partial charge in [-0.15, -0.1) is 0 Å². The second kappa shape index (κ2) is 9.36. The number of carbonyl (C=O) groups is 2. The molecule has 3 rings (SSSR count). The number of carbonyl (C=O) groups excluding carboxylic acids is 2. The number of nitrogens with zero attached hydrogens (tertiary/aromatic N) is 3. The van der Waals surface area contributed by atoms with Crippen molar-refractivity contribution >= 4 is 23.2 Å². The molecule has 1 aliphatic heterocycles. The van der Waals surface area contributed by atoms with Crippen LogP contribution < -0.4 is 10.1 Å². The molecule has 1 fully saturated rings. The van der Waals surface area contributed by atoms with Gasteiger partial charge in [-0.2, -0.15) is 0 Å². The number of anilines is 1. The monoisotopic (exact) mass is 412 g/mol. The van der Waals surface area contributed by atoms with Gasteiger partial charge in [0.25, 0.3) is 5.91 Å². The zero-order chi connectivity index (χ0) is 21.7. The highest BCUT2D eigenvalue weighted by molar-refractivity contribution is 5.95. The van der Waals surface area contributed by atoms with Crippen molar-refractivity contribution in [2.75, 3.05) is 45.2 Å². The fourth-order valence-corrected chi connectivity index (χ4v) is 3.38. The quantitative estimate of drug-likeness (QED) is 0.577. The molecular weight excluding hydrogens is 388 g/mol. The standard InChI is InChI=1S/C21H24N4O5/c1-15-12-18(25(28)29)19(30-2)13-17(15)22-20(26)14-23-8-10-24(11-9-23)21(27)16-6-4-3-5-7-16/h3-7,12-13H,8-11,14H2,1-2H3,(H,22,26). The van der Waals surface area contributed by atoms with Crippen molar-refractivity contribution in [2.45, 2.75) is 6.92 Å². The topological polar surface area (TPSA) is 105 Å². The second-order valence-electron chi connectivity index (χ2n) is 7.08. The molecule has 0 aromatic heterocycles. The van der Waals surface area contributed by atoms with Crippen molar-refractivity contribution in [3.05, 3.63) is 63.7 Å². The molecule has 2 aromatic rings. The highest BCUT2D eigenvalue weighted by atomic mass is 16.6. The molecule has 1 N–H and O–H groups in total. The Morgan fingerprint density at radius 2 is 1.80 bits per heavy atom. The molecule has 9 heteroatoms. The third kappa shape index (κ3) is 4.93. The van der Waals surface area contributed by atoms with Crippen molar-refractivity contribution < 1.29 is 19.2 Å². The van der Waals surface area contributed by atoms with E-state index in [1.807, 2.05) is 23.1 Å². The van der Waals surface area contributed by atoms with E-state index in [1.54, 1.807) is 24.0 Å². The Morgan fingerprint density at radius 1 is 1.13 bits per heavy atom. The lowest BCUT2D eigenvalue weighted by atomic mass is 10.1. The van der Waals surface area contributed by atoms with E-state index in [0.717, 1.165) is 0 Å². The number of rotatable bonds is 6.